The lowest BCUT2D eigenvalue weighted by Crippen LogP contribution is -2.23. The third-order valence-corrected chi connectivity index (χ3v) is 3.68. The van der Waals surface area contributed by atoms with E-state index in [0.29, 0.717) is 0 Å². The van der Waals surface area contributed by atoms with Gasteiger partial charge in [-0.3, -0.25) is 4.79 Å². The van der Waals surface area contributed by atoms with E-state index < -0.39 is 0 Å². The molecule has 2 aromatic rings. The Kier molecular flexibility index (Phi) is 2.32. The normalized spacial score (nSPS) is 14.5. The van der Waals surface area contributed by atoms with Crippen LogP contribution in [0.15, 0.2) is 29.2 Å². The van der Waals surface area contributed by atoms with Crippen molar-refractivity contribution in [2.24, 2.45) is 0 Å². The van der Waals surface area contributed by atoms with Gasteiger partial charge in [-0.25, -0.2) is 0 Å². The molecule has 3 rings (SSSR count). The lowest BCUT2D eigenvalue weighted by molar-refractivity contribution is 0.577. The van der Waals surface area contributed by atoms with Crippen LogP contribution in [0.1, 0.15) is 37.4 Å². The number of pyridine rings is 1. The van der Waals surface area contributed by atoms with Gasteiger partial charge in [-0.15, -0.1) is 0 Å². The van der Waals surface area contributed by atoms with E-state index in [2.05, 4.69) is 26.1 Å². The molecule has 0 aliphatic heterocycles. The highest BCUT2D eigenvalue weighted by molar-refractivity contribution is 5.88. The minimum absolute atomic E-state index is 0.155. The van der Waals surface area contributed by atoms with Crippen molar-refractivity contribution in [3.63, 3.8) is 0 Å². The van der Waals surface area contributed by atoms with Crippen molar-refractivity contribution in [3.8, 4) is 0 Å². The number of aromatic nitrogens is 1. The molecule has 0 saturated carbocycles. The monoisotopic (exact) mass is 227 g/mol. The Hall–Kier alpha value is -1.57. The van der Waals surface area contributed by atoms with Crippen LogP contribution in [0.3, 0.4) is 0 Å². The Morgan fingerprint density at radius 1 is 1.18 bits per heavy atom. The first-order chi connectivity index (χ1) is 8.18. The van der Waals surface area contributed by atoms with Crippen molar-refractivity contribution in [1.82, 2.24) is 4.57 Å². The van der Waals surface area contributed by atoms with Crippen LogP contribution in [0.5, 0.6) is 0 Å². The summed E-state index contributed by atoms with van der Waals surface area (Å²) in [5.41, 5.74) is 2.84. The minimum Gasteiger partial charge on any atom is -0.312 e. The highest BCUT2D eigenvalue weighted by Gasteiger charge is 2.16. The summed E-state index contributed by atoms with van der Waals surface area (Å²) < 4.78 is 1.87. The predicted molar refractivity (Wildman–Crippen MR) is 70.6 cm³/mol. The summed E-state index contributed by atoms with van der Waals surface area (Å²) >= 11 is 0. The first-order valence-electron chi connectivity index (χ1n) is 6.34. The van der Waals surface area contributed by atoms with E-state index in [-0.39, 0.29) is 11.6 Å². The molecule has 0 fully saturated rings. The van der Waals surface area contributed by atoms with Gasteiger partial charge in [0.15, 0.2) is 0 Å². The fraction of sp³-hybridized carbons (Fsp3) is 0.400. The SMILES string of the molecule is CC(C)n1cc2c3c(cccc3c1=O)CCC2. The molecule has 0 amide bonds. The summed E-state index contributed by atoms with van der Waals surface area (Å²) in [6, 6.07) is 6.37. The number of hydrogen-bond acceptors (Lipinski definition) is 1. The highest BCUT2D eigenvalue weighted by atomic mass is 16.1. The molecule has 1 aromatic heterocycles. The zero-order valence-electron chi connectivity index (χ0n) is 10.4. The van der Waals surface area contributed by atoms with Gasteiger partial charge in [0.05, 0.1) is 0 Å². The van der Waals surface area contributed by atoms with Crippen LogP contribution in [0.25, 0.3) is 10.8 Å². The van der Waals surface area contributed by atoms with Crippen molar-refractivity contribution in [3.05, 3.63) is 45.9 Å². The molecular weight excluding hydrogens is 210 g/mol. The quantitative estimate of drug-likeness (QED) is 0.734. The maximum atomic E-state index is 12.4. The van der Waals surface area contributed by atoms with Crippen LogP contribution < -0.4 is 5.56 Å². The van der Waals surface area contributed by atoms with Gasteiger partial charge in [0.25, 0.3) is 5.56 Å². The molecule has 1 aliphatic rings. The molecule has 1 aromatic carbocycles. The molecule has 0 radical (unpaired) electrons. The van der Waals surface area contributed by atoms with Crippen molar-refractivity contribution in [1.29, 1.82) is 0 Å². The van der Waals surface area contributed by atoms with Crippen LogP contribution in [-0.4, -0.2) is 4.57 Å². The lowest BCUT2D eigenvalue weighted by Gasteiger charge is -2.20. The zero-order valence-corrected chi connectivity index (χ0v) is 10.4. The summed E-state index contributed by atoms with van der Waals surface area (Å²) in [5, 5.41) is 2.12. The first kappa shape index (κ1) is 10.6. The largest absolute Gasteiger partial charge is 0.312 e. The van der Waals surface area contributed by atoms with E-state index in [1.165, 1.54) is 22.9 Å². The van der Waals surface area contributed by atoms with E-state index in [4.69, 9.17) is 0 Å². The Labute approximate surface area is 101 Å². The molecule has 0 bridgehead atoms. The van der Waals surface area contributed by atoms with Crippen LogP contribution in [0, 0.1) is 0 Å². The average Bonchev–Trinajstić information content (AvgIpc) is 2.33. The molecule has 0 saturated heterocycles. The smallest absolute Gasteiger partial charge is 0.258 e. The van der Waals surface area contributed by atoms with E-state index >= 15 is 0 Å². The molecule has 88 valence electrons. The molecule has 2 heteroatoms. The van der Waals surface area contributed by atoms with Gasteiger partial charge in [-0.1, -0.05) is 12.1 Å². The summed E-state index contributed by atoms with van der Waals surface area (Å²) in [6.07, 6.45) is 5.47. The van der Waals surface area contributed by atoms with Crippen molar-refractivity contribution in [2.45, 2.75) is 39.2 Å². The van der Waals surface area contributed by atoms with Gasteiger partial charge in [-0.05, 0) is 55.7 Å². The number of nitrogens with zero attached hydrogens (tertiary/aromatic N) is 1. The van der Waals surface area contributed by atoms with Gasteiger partial charge >= 0.3 is 0 Å². The van der Waals surface area contributed by atoms with Crippen molar-refractivity contribution in [2.75, 3.05) is 0 Å². The van der Waals surface area contributed by atoms with Gasteiger partial charge < -0.3 is 4.57 Å². The highest BCUT2D eigenvalue weighted by Crippen LogP contribution is 2.28. The van der Waals surface area contributed by atoms with E-state index in [1.807, 2.05) is 16.7 Å². The molecule has 1 aliphatic carbocycles. The van der Waals surface area contributed by atoms with E-state index in [9.17, 15) is 4.79 Å². The topological polar surface area (TPSA) is 22.0 Å². The minimum atomic E-state index is 0.155. The molecule has 0 atom stereocenters. The maximum Gasteiger partial charge on any atom is 0.258 e. The maximum absolute atomic E-state index is 12.4. The lowest BCUT2D eigenvalue weighted by atomic mass is 9.90. The summed E-state index contributed by atoms with van der Waals surface area (Å²) in [5.74, 6) is 0. The Balaban J connectivity index is 2.47. The Morgan fingerprint density at radius 2 is 1.94 bits per heavy atom. The third kappa shape index (κ3) is 1.51. The average molecular weight is 227 g/mol. The summed E-state index contributed by atoms with van der Waals surface area (Å²) in [7, 11) is 0. The van der Waals surface area contributed by atoms with E-state index in [0.717, 1.165) is 18.2 Å². The third-order valence-electron chi connectivity index (χ3n) is 3.68. The Morgan fingerprint density at radius 3 is 2.71 bits per heavy atom. The molecule has 0 N–H and O–H groups in total. The first-order valence-corrected chi connectivity index (χ1v) is 6.34. The van der Waals surface area contributed by atoms with Crippen molar-refractivity contribution < 1.29 is 0 Å². The fourth-order valence-corrected chi connectivity index (χ4v) is 2.84. The Bertz CT molecular complexity index is 637. The number of rotatable bonds is 1. The van der Waals surface area contributed by atoms with E-state index in [1.54, 1.807) is 0 Å². The second-order valence-electron chi connectivity index (χ2n) is 5.15. The zero-order chi connectivity index (χ0) is 12.0. The number of benzene rings is 1. The van der Waals surface area contributed by atoms with Crippen LogP contribution in [0.2, 0.25) is 0 Å². The van der Waals surface area contributed by atoms with Crippen LogP contribution in [-0.2, 0) is 12.8 Å². The van der Waals surface area contributed by atoms with Gasteiger partial charge in [0.2, 0.25) is 0 Å². The molecule has 2 nitrogen and oxygen atoms in total. The molecule has 0 spiro atoms. The molecule has 17 heavy (non-hydrogen) atoms. The second-order valence-corrected chi connectivity index (χ2v) is 5.15. The van der Waals surface area contributed by atoms with Gasteiger partial charge in [-0.2, -0.15) is 0 Å². The second kappa shape index (κ2) is 3.73. The van der Waals surface area contributed by atoms with Gasteiger partial charge in [0, 0.05) is 17.6 Å². The molecule has 1 heterocycles. The number of hydrogen-bond donors (Lipinski definition) is 0. The summed E-state index contributed by atoms with van der Waals surface area (Å²) in [6.45, 7) is 4.12. The number of aryl methyl sites for hydroxylation is 2. The van der Waals surface area contributed by atoms with Crippen LogP contribution >= 0.6 is 0 Å². The molecule has 0 unspecified atom stereocenters. The summed E-state index contributed by atoms with van der Waals surface area (Å²) in [4.78, 5) is 12.4. The van der Waals surface area contributed by atoms with Crippen molar-refractivity contribution >= 4 is 10.8 Å². The fourth-order valence-electron chi connectivity index (χ4n) is 2.84. The predicted octanol–water partition coefficient (Wildman–Crippen LogP) is 3.07. The molecular formula is C15H17NO. The van der Waals surface area contributed by atoms with Crippen LogP contribution in [0.4, 0.5) is 0 Å². The standard InChI is InChI=1S/C15H17NO/c1-10(2)16-9-12-7-3-5-11-6-4-8-13(14(11)12)15(16)17/h4,6,8-10H,3,5,7H2,1-2H3. The van der Waals surface area contributed by atoms with Gasteiger partial charge in [0.1, 0.15) is 0 Å².